The number of benzene rings is 1. The second-order valence-corrected chi connectivity index (χ2v) is 5.82. The highest BCUT2D eigenvalue weighted by molar-refractivity contribution is 6.30. The minimum absolute atomic E-state index is 0.598. The molecule has 0 heterocycles. The third-order valence-corrected chi connectivity index (χ3v) is 4.52. The van der Waals surface area contributed by atoms with E-state index in [1.54, 1.807) is 0 Å². The largest absolute Gasteiger partial charge is 0.312 e. The summed E-state index contributed by atoms with van der Waals surface area (Å²) in [6.45, 7) is 6.56. The molecule has 1 nitrogen and oxygen atoms in total. The number of hydrogen-bond donors (Lipinski definition) is 1. The van der Waals surface area contributed by atoms with Gasteiger partial charge in [-0.25, -0.2) is 0 Å². The number of rotatable bonds is 5. The number of hydrogen-bond acceptors (Lipinski definition) is 1. The first kappa shape index (κ1) is 12.9. The number of aryl methyl sites for hydroxylation is 1. The van der Waals surface area contributed by atoms with Gasteiger partial charge in [0.25, 0.3) is 0 Å². The van der Waals surface area contributed by atoms with Gasteiger partial charge in [0, 0.05) is 18.1 Å². The summed E-state index contributed by atoms with van der Waals surface area (Å²) in [5.74, 6) is 0. The molecule has 0 aliphatic heterocycles. The van der Waals surface area contributed by atoms with Crippen molar-refractivity contribution in [1.82, 2.24) is 5.32 Å². The minimum Gasteiger partial charge on any atom is -0.312 e. The fraction of sp³-hybridized carbons (Fsp3) is 0.600. The van der Waals surface area contributed by atoms with Gasteiger partial charge in [0.05, 0.1) is 0 Å². The van der Waals surface area contributed by atoms with Gasteiger partial charge in [0.15, 0.2) is 0 Å². The van der Waals surface area contributed by atoms with E-state index in [1.165, 1.54) is 36.8 Å². The van der Waals surface area contributed by atoms with E-state index in [4.69, 9.17) is 11.6 Å². The van der Waals surface area contributed by atoms with E-state index < -0.39 is 0 Å². The molecule has 0 unspecified atom stereocenters. The highest BCUT2D eigenvalue weighted by Crippen LogP contribution is 2.43. The summed E-state index contributed by atoms with van der Waals surface area (Å²) in [7, 11) is 0. The van der Waals surface area contributed by atoms with Crippen LogP contribution in [0.3, 0.4) is 0 Å². The molecule has 1 N–H and O–H groups in total. The highest BCUT2D eigenvalue weighted by Gasteiger charge is 2.34. The minimum atomic E-state index is 0.598. The van der Waals surface area contributed by atoms with Crippen LogP contribution in [0.1, 0.15) is 43.7 Å². The van der Waals surface area contributed by atoms with E-state index in [-0.39, 0.29) is 0 Å². The SMILES string of the molecule is CCC1(CNCc2ccc(Cl)cc2C)CCC1. The van der Waals surface area contributed by atoms with Crippen molar-refractivity contribution >= 4 is 11.6 Å². The Morgan fingerprint density at radius 1 is 1.35 bits per heavy atom. The van der Waals surface area contributed by atoms with Crippen molar-refractivity contribution in [2.45, 2.75) is 46.1 Å². The molecule has 0 radical (unpaired) electrons. The van der Waals surface area contributed by atoms with Crippen LogP contribution in [-0.4, -0.2) is 6.54 Å². The van der Waals surface area contributed by atoms with Crippen LogP contribution in [0.4, 0.5) is 0 Å². The van der Waals surface area contributed by atoms with Crippen LogP contribution in [0.2, 0.25) is 5.02 Å². The molecule has 0 aromatic heterocycles. The molecule has 1 aromatic carbocycles. The molecule has 1 aliphatic rings. The van der Waals surface area contributed by atoms with Crippen molar-refractivity contribution in [3.63, 3.8) is 0 Å². The molecule has 1 fully saturated rings. The van der Waals surface area contributed by atoms with Crippen molar-refractivity contribution in [1.29, 1.82) is 0 Å². The summed E-state index contributed by atoms with van der Waals surface area (Å²) >= 11 is 5.96. The lowest BCUT2D eigenvalue weighted by Gasteiger charge is -2.41. The first-order valence-electron chi connectivity index (χ1n) is 6.61. The fourth-order valence-electron chi connectivity index (χ4n) is 2.65. The molecule has 0 atom stereocenters. The Balaban J connectivity index is 1.85. The molecule has 17 heavy (non-hydrogen) atoms. The van der Waals surface area contributed by atoms with Gasteiger partial charge < -0.3 is 5.32 Å². The van der Waals surface area contributed by atoms with E-state index in [0.717, 1.165) is 18.1 Å². The van der Waals surface area contributed by atoms with Crippen LogP contribution in [0.5, 0.6) is 0 Å². The lowest BCUT2D eigenvalue weighted by Crippen LogP contribution is -2.39. The molecular weight excluding hydrogens is 230 g/mol. The van der Waals surface area contributed by atoms with Gasteiger partial charge >= 0.3 is 0 Å². The quantitative estimate of drug-likeness (QED) is 0.822. The summed E-state index contributed by atoms with van der Waals surface area (Å²) in [6.07, 6.45) is 5.52. The average molecular weight is 252 g/mol. The zero-order chi connectivity index (χ0) is 12.3. The molecule has 1 aromatic rings. The molecule has 1 aliphatic carbocycles. The summed E-state index contributed by atoms with van der Waals surface area (Å²) in [4.78, 5) is 0. The van der Waals surface area contributed by atoms with Gasteiger partial charge in [0.2, 0.25) is 0 Å². The molecule has 94 valence electrons. The highest BCUT2D eigenvalue weighted by atomic mass is 35.5. The van der Waals surface area contributed by atoms with E-state index in [1.807, 2.05) is 12.1 Å². The van der Waals surface area contributed by atoms with Crippen LogP contribution in [0.25, 0.3) is 0 Å². The van der Waals surface area contributed by atoms with Gasteiger partial charge in [-0.3, -0.25) is 0 Å². The zero-order valence-corrected chi connectivity index (χ0v) is 11.6. The summed E-state index contributed by atoms with van der Waals surface area (Å²) in [5, 5.41) is 4.44. The average Bonchev–Trinajstić information content (AvgIpc) is 2.25. The third-order valence-electron chi connectivity index (χ3n) is 4.28. The van der Waals surface area contributed by atoms with Gasteiger partial charge in [-0.2, -0.15) is 0 Å². The van der Waals surface area contributed by atoms with Crippen molar-refractivity contribution in [2.75, 3.05) is 6.54 Å². The van der Waals surface area contributed by atoms with Gasteiger partial charge in [-0.1, -0.05) is 31.0 Å². The van der Waals surface area contributed by atoms with Crippen molar-refractivity contribution in [2.24, 2.45) is 5.41 Å². The Hall–Kier alpha value is -0.530. The second kappa shape index (κ2) is 5.41. The maximum Gasteiger partial charge on any atom is 0.0408 e. The number of halogens is 1. The number of nitrogens with one attached hydrogen (secondary N) is 1. The van der Waals surface area contributed by atoms with Crippen LogP contribution < -0.4 is 5.32 Å². The Morgan fingerprint density at radius 3 is 2.65 bits per heavy atom. The standard InChI is InChI=1S/C15H22ClN/c1-3-15(7-4-8-15)11-17-10-13-5-6-14(16)9-12(13)2/h5-6,9,17H,3-4,7-8,10-11H2,1-2H3. The topological polar surface area (TPSA) is 12.0 Å². The van der Waals surface area contributed by atoms with Crippen LogP contribution in [-0.2, 0) is 6.54 Å². The maximum absolute atomic E-state index is 5.96. The summed E-state index contributed by atoms with van der Waals surface area (Å²) < 4.78 is 0. The van der Waals surface area contributed by atoms with E-state index in [2.05, 4.69) is 25.2 Å². The van der Waals surface area contributed by atoms with Gasteiger partial charge in [-0.05, 0) is 54.9 Å². The van der Waals surface area contributed by atoms with Crippen LogP contribution >= 0.6 is 11.6 Å². The molecule has 0 amide bonds. The monoisotopic (exact) mass is 251 g/mol. The normalized spacial score (nSPS) is 17.8. The maximum atomic E-state index is 5.96. The fourth-order valence-corrected chi connectivity index (χ4v) is 2.88. The Morgan fingerprint density at radius 2 is 2.12 bits per heavy atom. The van der Waals surface area contributed by atoms with Crippen molar-refractivity contribution < 1.29 is 0 Å². The smallest absolute Gasteiger partial charge is 0.0408 e. The molecule has 0 spiro atoms. The van der Waals surface area contributed by atoms with E-state index in [0.29, 0.717) is 5.41 Å². The molecule has 0 saturated heterocycles. The molecular formula is C15H22ClN. The Kier molecular flexibility index (Phi) is 4.11. The van der Waals surface area contributed by atoms with Crippen molar-refractivity contribution in [3.8, 4) is 0 Å². The predicted octanol–water partition coefficient (Wildman–Crippen LogP) is 4.32. The van der Waals surface area contributed by atoms with Crippen molar-refractivity contribution in [3.05, 3.63) is 34.3 Å². The molecule has 1 saturated carbocycles. The summed E-state index contributed by atoms with van der Waals surface area (Å²) in [5.41, 5.74) is 3.24. The molecule has 0 bridgehead atoms. The Labute approximate surface area is 110 Å². The first-order valence-corrected chi connectivity index (χ1v) is 6.99. The van der Waals surface area contributed by atoms with Crippen LogP contribution in [0, 0.1) is 12.3 Å². The van der Waals surface area contributed by atoms with E-state index >= 15 is 0 Å². The lowest BCUT2D eigenvalue weighted by atomic mass is 9.67. The predicted molar refractivity (Wildman–Crippen MR) is 74.5 cm³/mol. The lowest BCUT2D eigenvalue weighted by molar-refractivity contribution is 0.124. The zero-order valence-electron chi connectivity index (χ0n) is 10.9. The molecule has 2 heteroatoms. The van der Waals surface area contributed by atoms with Crippen LogP contribution in [0.15, 0.2) is 18.2 Å². The summed E-state index contributed by atoms with van der Waals surface area (Å²) in [6, 6.07) is 6.14. The van der Waals surface area contributed by atoms with Gasteiger partial charge in [-0.15, -0.1) is 0 Å². The van der Waals surface area contributed by atoms with Gasteiger partial charge in [0.1, 0.15) is 0 Å². The second-order valence-electron chi connectivity index (χ2n) is 5.38. The Bertz CT molecular complexity index is 377. The first-order chi connectivity index (χ1) is 8.15. The third kappa shape index (κ3) is 3.02. The molecule has 2 rings (SSSR count). The van der Waals surface area contributed by atoms with E-state index in [9.17, 15) is 0 Å².